The fraction of sp³-hybridized carbons (Fsp3) is 0.278. The van der Waals surface area contributed by atoms with Crippen molar-refractivity contribution in [3.8, 4) is 11.5 Å². The van der Waals surface area contributed by atoms with Gasteiger partial charge < -0.3 is 9.47 Å². The van der Waals surface area contributed by atoms with Crippen LogP contribution in [-0.2, 0) is 11.2 Å². The zero-order chi connectivity index (χ0) is 17.2. The first-order chi connectivity index (χ1) is 11.7. The molecule has 2 aromatic rings. The van der Waals surface area contributed by atoms with Gasteiger partial charge in [-0.1, -0.05) is 12.1 Å². The summed E-state index contributed by atoms with van der Waals surface area (Å²) in [7, 11) is 0. The zero-order valence-electron chi connectivity index (χ0n) is 13.9. The standard InChI is InChI=1S/C18H21N3O3/c1-3-23-16-8-7-14(10-17(16)24-4-2)11-18(22)21-20-13-15-6-5-9-19-12-15/h5-10,12-13H,3-4,11H2,1-2H3,(H,21,22)/b20-13-. The highest BCUT2D eigenvalue weighted by Gasteiger charge is 2.09. The maximum atomic E-state index is 12.0. The summed E-state index contributed by atoms with van der Waals surface area (Å²) in [5.74, 6) is 1.11. The summed E-state index contributed by atoms with van der Waals surface area (Å²) in [5, 5.41) is 3.92. The minimum Gasteiger partial charge on any atom is -0.490 e. The van der Waals surface area contributed by atoms with Crippen molar-refractivity contribution in [1.82, 2.24) is 10.4 Å². The van der Waals surface area contributed by atoms with E-state index in [1.807, 2.05) is 38.1 Å². The van der Waals surface area contributed by atoms with E-state index >= 15 is 0 Å². The van der Waals surface area contributed by atoms with Gasteiger partial charge in [0.25, 0.3) is 0 Å². The zero-order valence-corrected chi connectivity index (χ0v) is 13.9. The smallest absolute Gasteiger partial charge is 0.244 e. The molecule has 0 aliphatic heterocycles. The number of aromatic nitrogens is 1. The fourth-order valence-corrected chi connectivity index (χ4v) is 2.06. The Morgan fingerprint density at radius 1 is 1.21 bits per heavy atom. The van der Waals surface area contributed by atoms with Gasteiger partial charge in [0, 0.05) is 18.0 Å². The number of carbonyl (C=O) groups is 1. The van der Waals surface area contributed by atoms with E-state index in [-0.39, 0.29) is 12.3 Å². The van der Waals surface area contributed by atoms with E-state index < -0.39 is 0 Å². The SMILES string of the molecule is CCOc1ccc(CC(=O)N/N=C\c2cccnc2)cc1OCC. The number of hydrogen-bond acceptors (Lipinski definition) is 5. The molecular weight excluding hydrogens is 306 g/mol. The lowest BCUT2D eigenvalue weighted by atomic mass is 10.1. The van der Waals surface area contributed by atoms with E-state index in [1.54, 1.807) is 24.7 Å². The Bertz CT molecular complexity index is 687. The topological polar surface area (TPSA) is 72.8 Å². The van der Waals surface area contributed by atoms with Crippen molar-refractivity contribution >= 4 is 12.1 Å². The third-order valence-corrected chi connectivity index (χ3v) is 3.06. The van der Waals surface area contributed by atoms with Crippen LogP contribution in [0.1, 0.15) is 25.0 Å². The minimum atomic E-state index is -0.207. The number of carbonyl (C=O) groups excluding carboxylic acids is 1. The second-order valence-corrected chi connectivity index (χ2v) is 4.90. The van der Waals surface area contributed by atoms with E-state index in [0.29, 0.717) is 24.7 Å². The van der Waals surface area contributed by atoms with Gasteiger partial charge in [-0.3, -0.25) is 9.78 Å². The molecule has 0 unspecified atom stereocenters. The lowest BCUT2D eigenvalue weighted by molar-refractivity contribution is -0.120. The van der Waals surface area contributed by atoms with Crippen molar-refractivity contribution in [3.63, 3.8) is 0 Å². The van der Waals surface area contributed by atoms with E-state index in [0.717, 1.165) is 11.1 Å². The molecule has 0 saturated heterocycles. The highest BCUT2D eigenvalue weighted by molar-refractivity contribution is 5.83. The molecule has 6 nitrogen and oxygen atoms in total. The van der Waals surface area contributed by atoms with Gasteiger partial charge >= 0.3 is 0 Å². The Kier molecular flexibility index (Phi) is 6.76. The molecule has 0 spiro atoms. The summed E-state index contributed by atoms with van der Waals surface area (Å²) in [6, 6.07) is 9.13. The Labute approximate surface area is 141 Å². The predicted molar refractivity (Wildman–Crippen MR) is 92.5 cm³/mol. The van der Waals surface area contributed by atoms with E-state index in [9.17, 15) is 4.79 Å². The maximum absolute atomic E-state index is 12.0. The second kappa shape index (κ2) is 9.29. The normalized spacial score (nSPS) is 10.6. The van der Waals surface area contributed by atoms with Crippen LogP contribution in [0.5, 0.6) is 11.5 Å². The summed E-state index contributed by atoms with van der Waals surface area (Å²) in [4.78, 5) is 15.9. The molecule has 1 aromatic heterocycles. The molecule has 2 rings (SSSR count). The Morgan fingerprint density at radius 2 is 2.00 bits per heavy atom. The van der Waals surface area contributed by atoms with Crippen LogP contribution in [0.4, 0.5) is 0 Å². The third kappa shape index (κ3) is 5.39. The van der Waals surface area contributed by atoms with Crippen LogP contribution in [0.2, 0.25) is 0 Å². The summed E-state index contributed by atoms with van der Waals surface area (Å²) in [6.45, 7) is 4.91. The van der Waals surface area contributed by atoms with Gasteiger partial charge in [-0.2, -0.15) is 5.10 Å². The van der Waals surface area contributed by atoms with Gasteiger partial charge in [0.2, 0.25) is 5.91 Å². The largest absolute Gasteiger partial charge is 0.490 e. The molecule has 0 fully saturated rings. The van der Waals surface area contributed by atoms with E-state index in [2.05, 4.69) is 15.5 Å². The number of amides is 1. The number of rotatable bonds is 8. The van der Waals surface area contributed by atoms with E-state index in [1.165, 1.54) is 0 Å². The van der Waals surface area contributed by atoms with Crippen LogP contribution < -0.4 is 14.9 Å². The first kappa shape index (κ1) is 17.5. The fourth-order valence-electron chi connectivity index (χ4n) is 2.06. The molecule has 0 radical (unpaired) electrons. The average Bonchev–Trinajstić information content (AvgIpc) is 2.58. The minimum absolute atomic E-state index is 0.205. The highest BCUT2D eigenvalue weighted by Crippen LogP contribution is 2.28. The lowest BCUT2D eigenvalue weighted by Gasteiger charge is -2.12. The van der Waals surface area contributed by atoms with Crippen LogP contribution in [0.3, 0.4) is 0 Å². The second-order valence-electron chi connectivity index (χ2n) is 4.90. The maximum Gasteiger partial charge on any atom is 0.244 e. The Morgan fingerprint density at radius 3 is 2.71 bits per heavy atom. The number of pyridine rings is 1. The van der Waals surface area contributed by atoms with Gasteiger partial charge in [-0.15, -0.1) is 0 Å². The quantitative estimate of drug-likeness (QED) is 0.597. The number of nitrogens with one attached hydrogen (secondary N) is 1. The van der Waals surface area contributed by atoms with Crippen LogP contribution in [0.15, 0.2) is 47.8 Å². The van der Waals surface area contributed by atoms with Crippen molar-refractivity contribution in [2.75, 3.05) is 13.2 Å². The first-order valence-corrected chi connectivity index (χ1v) is 7.83. The van der Waals surface area contributed by atoms with Gasteiger partial charge in [0.1, 0.15) is 0 Å². The summed E-state index contributed by atoms with van der Waals surface area (Å²) < 4.78 is 11.1. The van der Waals surface area contributed by atoms with Gasteiger partial charge in [-0.05, 0) is 37.6 Å². The molecular formula is C18H21N3O3. The van der Waals surface area contributed by atoms with Crippen molar-refractivity contribution in [1.29, 1.82) is 0 Å². The molecule has 0 saturated carbocycles. The molecule has 126 valence electrons. The van der Waals surface area contributed by atoms with Crippen LogP contribution in [-0.4, -0.2) is 30.3 Å². The molecule has 1 amide bonds. The molecule has 0 aliphatic carbocycles. The Hall–Kier alpha value is -2.89. The van der Waals surface area contributed by atoms with Crippen molar-refractivity contribution < 1.29 is 14.3 Å². The molecule has 6 heteroatoms. The predicted octanol–water partition coefficient (Wildman–Crippen LogP) is 2.57. The van der Waals surface area contributed by atoms with Crippen LogP contribution >= 0.6 is 0 Å². The summed E-state index contributed by atoms with van der Waals surface area (Å²) >= 11 is 0. The van der Waals surface area contributed by atoms with Gasteiger partial charge in [-0.25, -0.2) is 5.43 Å². The summed E-state index contributed by atoms with van der Waals surface area (Å²) in [6.07, 6.45) is 5.10. The molecule has 1 heterocycles. The van der Waals surface area contributed by atoms with Crippen molar-refractivity contribution in [3.05, 3.63) is 53.9 Å². The average molecular weight is 327 g/mol. The van der Waals surface area contributed by atoms with E-state index in [4.69, 9.17) is 9.47 Å². The molecule has 1 N–H and O–H groups in total. The van der Waals surface area contributed by atoms with Gasteiger partial charge in [0.05, 0.1) is 25.8 Å². The molecule has 0 atom stereocenters. The number of hydrogen-bond donors (Lipinski definition) is 1. The van der Waals surface area contributed by atoms with Crippen LogP contribution in [0.25, 0.3) is 0 Å². The van der Waals surface area contributed by atoms with Crippen molar-refractivity contribution in [2.45, 2.75) is 20.3 Å². The van der Waals surface area contributed by atoms with Crippen LogP contribution in [0, 0.1) is 0 Å². The van der Waals surface area contributed by atoms with Crippen molar-refractivity contribution in [2.24, 2.45) is 5.10 Å². The molecule has 1 aromatic carbocycles. The molecule has 0 aliphatic rings. The molecule has 0 bridgehead atoms. The number of nitrogens with zero attached hydrogens (tertiary/aromatic N) is 2. The number of ether oxygens (including phenoxy) is 2. The number of benzene rings is 1. The highest BCUT2D eigenvalue weighted by atomic mass is 16.5. The summed E-state index contributed by atoms with van der Waals surface area (Å²) in [5.41, 5.74) is 4.15. The molecule has 24 heavy (non-hydrogen) atoms. The van der Waals surface area contributed by atoms with Gasteiger partial charge in [0.15, 0.2) is 11.5 Å². The first-order valence-electron chi connectivity index (χ1n) is 7.83. The lowest BCUT2D eigenvalue weighted by Crippen LogP contribution is -2.19. The third-order valence-electron chi connectivity index (χ3n) is 3.06. The Balaban J connectivity index is 1.95. The monoisotopic (exact) mass is 327 g/mol. The number of hydrazone groups is 1.